The summed E-state index contributed by atoms with van der Waals surface area (Å²) in [5.74, 6) is 2.34. The third kappa shape index (κ3) is 4.10. The van der Waals surface area contributed by atoms with Crippen LogP contribution in [0.15, 0.2) is 22.7 Å². The van der Waals surface area contributed by atoms with Crippen LogP contribution in [0.5, 0.6) is 11.5 Å². The Morgan fingerprint density at radius 2 is 1.92 bits per heavy atom. The van der Waals surface area contributed by atoms with Gasteiger partial charge in [0.25, 0.3) is 0 Å². The van der Waals surface area contributed by atoms with Crippen LogP contribution in [0.3, 0.4) is 0 Å². The first-order valence-corrected chi connectivity index (χ1v) is 8.54. The van der Waals surface area contributed by atoms with Gasteiger partial charge in [-0.25, -0.2) is 0 Å². The Bertz CT molecular complexity index is 723. The molecule has 1 aromatic carbocycles. The van der Waals surface area contributed by atoms with E-state index in [0.29, 0.717) is 36.1 Å². The molecule has 0 bridgehead atoms. The molecule has 134 valence electrons. The normalized spacial score (nSPS) is 14.4. The summed E-state index contributed by atoms with van der Waals surface area (Å²) in [6, 6.07) is 5.44. The van der Waals surface area contributed by atoms with Crippen LogP contribution in [-0.4, -0.2) is 48.3 Å². The molecule has 0 unspecified atom stereocenters. The van der Waals surface area contributed by atoms with Crippen molar-refractivity contribution in [3.8, 4) is 22.9 Å². The molecule has 1 aliphatic rings. The van der Waals surface area contributed by atoms with E-state index in [1.165, 1.54) is 6.42 Å². The van der Waals surface area contributed by atoms with Gasteiger partial charge in [-0.2, -0.15) is 4.98 Å². The molecule has 0 saturated carbocycles. The van der Waals surface area contributed by atoms with Gasteiger partial charge in [0.05, 0.1) is 14.2 Å². The maximum atomic E-state index is 12.2. The molecule has 0 spiro atoms. The lowest BCUT2D eigenvalue weighted by atomic mass is 10.1. The van der Waals surface area contributed by atoms with Crippen LogP contribution in [0.4, 0.5) is 0 Å². The minimum absolute atomic E-state index is 0.158. The van der Waals surface area contributed by atoms with Crippen molar-refractivity contribution in [1.82, 2.24) is 15.0 Å². The van der Waals surface area contributed by atoms with Crippen molar-refractivity contribution in [3.05, 3.63) is 24.1 Å². The summed E-state index contributed by atoms with van der Waals surface area (Å²) in [7, 11) is 3.17. The van der Waals surface area contributed by atoms with Crippen LogP contribution >= 0.6 is 0 Å². The molecule has 1 aliphatic heterocycles. The van der Waals surface area contributed by atoms with Gasteiger partial charge in [-0.1, -0.05) is 5.16 Å². The second kappa shape index (κ2) is 8.00. The molecular formula is C18H23N3O4. The number of ether oxygens (including phenoxy) is 2. The van der Waals surface area contributed by atoms with Crippen molar-refractivity contribution >= 4 is 5.91 Å². The minimum Gasteiger partial charge on any atom is -0.493 e. The summed E-state index contributed by atoms with van der Waals surface area (Å²) in [4.78, 5) is 18.5. The zero-order valence-corrected chi connectivity index (χ0v) is 14.7. The second-order valence-electron chi connectivity index (χ2n) is 6.02. The van der Waals surface area contributed by atoms with Crippen molar-refractivity contribution in [1.29, 1.82) is 0 Å². The van der Waals surface area contributed by atoms with E-state index in [-0.39, 0.29) is 5.91 Å². The zero-order chi connectivity index (χ0) is 17.6. The highest BCUT2D eigenvalue weighted by Gasteiger charge is 2.18. The largest absolute Gasteiger partial charge is 0.493 e. The number of hydrogen-bond acceptors (Lipinski definition) is 6. The number of amides is 1. The number of aromatic nitrogens is 2. The number of benzene rings is 1. The molecule has 0 atom stereocenters. The van der Waals surface area contributed by atoms with E-state index in [0.717, 1.165) is 31.5 Å². The van der Waals surface area contributed by atoms with E-state index in [4.69, 9.17) is 14.0 Å². The number of rotatable bonds is 6. The Kier molecular flexibility index (Phi) is 5.53. The molecule has 2 heterocycles. The molecule has 1 amide bonds. The van der Waals surface area contributed by atoms with E-state index < -0.39 is 0 Å². The first-order chi connectivity index (χ1) is 12.2. The Morgan fingerprint density at radius 3 is 2.64 bits per heavy atom. The predicted octanol–water partition coefficient (Wildman–Crippen LogP) is 2.70. The van der Waals surface area contributed by atoms with Gasteiger partial charge in [0.1, 0.15) is 0 Å². The van der Waals surface area contributed by atoms with Crippen LogP contribution in [-0.2, 0) is 11.2 Å². The van der Waals surface area contributed by atoms with Crippen LogP contribution in [0.25, 0.3) is 11.4 Å². The fraction of sp³-hybridized carbons (Fsp3) is 0.500. The average molecular weight is 345 g/mol. The third-order valence-corrected chi connectivity index (χ3v) is 4.37. The van der Waals surface area contributed by atoms with Gasteiger partial charge >= 0.3 is 0 Å². The molecule has 25 heavy (non-hydrogen) atoms. The Morgan fingerprint density at radius 1 is 1.16 bits per heavy atom. The van der Waals surface area contributed by atoms with E-state index in [1.54, 1.807) is 26.4 Å². The van der Waals surface area contributed by atoms with Gasteiger partial charge in [-0.05, 0) is 37.5 Å². The standard InChI is InChI=1S/C18H23N3O4/c1-23-14-7-6-13(12-15(14)24-2)18-19-16(25-20-18)8-9-17(22)21-10-4-3-5-11-21/h6-7,12H,3-5,8-11H2,1-2H3. The van der Waals surface area contributed by atoms with Gasteiger partial charge in [0.2, 0.25) is 17.6 Å². The second-order valence-corrected chi connectivity index (χ2v) is 6.02. The fourth-order valence-corrected chi connectivity index (χ4v) is 2.96. The van der Waals surface area contributed by atoms with Crippen LogP contribution < -0.4 is 9.47 Å². The highest BCUT2D eigenvalue weighted by Crippen LogP contribution is 2.31. The van der Waals surface area contributed by atoms with E-state index in [9.17, 15) is 4.79 Å². The van der Waals surface area contributed by atoms with Crippen LogP contribution in [0.2, 0.25) is 0 Å². The number of carbonyl (C=O) groups is 1. The van der Waals surface area contributed by atoms with Crippen LogP contribution in [0.1, 0.15) is 31.6 Å². The monoisotopic (exact) mass is 345 g/mol. The lowest BCUT2D eigenvalue weighted by Gasteiger charge is -2.26. The average Bonchev–Trinajstić information content (AvgIpc) is 3.15. The topological polar surface area (TPSA) is 77.7 Å². The summed E-state index contributed by atoms with van der Waals surface area (Å²) >= 11 is 0. The summed E-state index contributed by atoms with van der Waals surface area (Å²) in [6.45, 7) is 1.72. The molecule has 2 aromatic rings. The van der Waals surface area contributed by atoms with Crippen molar-refractivity contribution < 1.29 is 18.8 Å². The highest BCUT2D eigenvalue weighted by molar-refractivity contribution is 5.76. The molecule has 7 nitrogen and oxygen atoms in total. The number of likely N-dealkylation sites (tertiary alicyclic amines) is 1. The van der Waals surface area contributed by atoms with E-state index >= 15 is 0 Å². The summed E-state index contributed by atoms with van der Waals surface area (Å²) in [5, 5.41) is 4.00. The van der Waals surface area contributed by atoms with Gasteiger partial charge in [0.15, 0.2) is 11.5 Å². The third-order valence-electron chi connectivity index (χ3n) is 4.37. The number of piperidine rings is 1. The summed E-state index contributed by atoms with van der Waals surface area (Å²) in [5.41, 5.74) is 0.773. The molecule has 0 N–H and O–H groups in total. The molecule has 0 radical (unpaired) electrons. The van der Waals surface area contributed by atoms with Crippen molar-refractivity contribution in [2.75, 3.05) is 27.3 Å². The number of aryl methyl sites for hydroxylation is 1. The molecule has 0 aliphatic carbocycles. The SMILES string of the molecule is COc1ccc(-c2noc(CCC(=O)N3CCCCC3)n2)cc1OC. The molecular weight excluding hydrogens is 322 g/mol. The van der Waals surface area contributed by atoms with Gasteiger partial charge < -0.3 is 18.9 Å². The highest BCUT2D eigenvalue weighted by atomic mass is 16.5. The molecule has 3 rings (SSSR count). The number of nitrogens with zero attached hydrogens (tertiary/aromatic N) is 3. The zero-order valence-electron chi connectivity index (χ0n) is 14.7. The van der Waals surface area contributed by atoms with Gasteiger partial charge in [-0.15, -0.1) is 0 Å². The van der Waals surface area contributed by atoms with Gasteiger partial charge in [-0.3, -0.25) is 4.79 Å². The van der Waals surface area contributed by atoms with Crippen LogP contribution in [0, 0.1) is 0 Å². The number of carbonyl (C=O) groups excluding carboxylic acids is 1. The first-order valence-electron chi connectivity index (χ1n) is 8.54. The fourth-order valence-electron chi connectivity index (χ4n) is 2.96. The maximum Gasteiger partial charge on any atom is 0.227 e. The molecule has 1 aromatic heterocycles. The Hall–Kier alpha value is -2.57. The molecule has 1 fully saturated rings. The van der Waals surface area contributed by atoms with Crippen molar-refractivity contribution in [2.45, 2.75) is 32.1 Å². The molecule has 7 heteroatoms. The Labute approximate surface area is 146 Å². The maximum absolute atomic E-state index is 12.2. The predicted molar refractivity (Wildman–Crippen MR) is 91.6 cm³/mol. The smallest absolute Gasteiger partial charge is 0.227 e. The van der Waals surface area contributed by atoms with Crippen molar-refractivity contribution in [2.24, 2.45) is 0 Å². The Balaban J connectivity index is 1.63. The molecule has 1 saturated heterocycles. The van der Waals surface area contributed by atoms with Crippen molar-refractivity contribution in [3.63, 3.8) is 0 Å². The lowest BCUT2D eigenvalue weighted by molar-refractivity contribution is -0.132. The van der Waals surface area contributed by atoms with E-state index in [2.05, 4.69) is 10.1 Å². The number of hydrogen-bond donors (Lipinski definition) is 0. The minimum atomic E-state index is 0.158. The first kappa shape index (κ1) is 17.3. The quantitative estimate of drug-likeness (QED) is 0.801. The summed E-state index contributed by atoms with van der Waals surface area (Å²) < 4.78 is 15.8. The summed E-state index contributed by atoms with van der Waals surface area (Å²) in [6.07, 6.45) is 4.25. The van der Waals surface area contributed by atoms with E-state index in [1.807, 2.05) is 11.0 Å². The number of methoxy groups -OCH3 is 2. The lowest BCUT2D eigenvalue weighted by Crippen LogP contribution is -2.35. The van der Waals surface area contributed by atoms with Gasteiger partial charge in [0, 0.05) is 31.5 Å².